The van der Waals surface area contributed by atoms with Crippen molar-refractivity contribution in [3.8, 4) is 6.07 Å². The van der Waals surface area contributed by atoms with E-state index in [9.17, 15) is 8.42 Å². The molecule has 0 unspecified atom stereocenters. The number of nitrogens with zero attached hydrogens (tertiary/aromatic N) is 1. The summed E-state index contributed by atoms with van der Waals surface area (Å²) < 4.78 is 22.1. The predicted octanol–water partition coefficient (Wildman–Crippen LogP) is 1.26. The van der Waals surface area contributed by atoms with Crippen LogP contribution in [0.2, 0.25) is 0 Å². The van der Waals surface area contributed by atoms with Crippen molar-refractivity contribution in [1.82, 2.24) is 0 Å². The summed E-state index contributed by atoms with van der Waals surface area (Å²) in [6.07, 6.45) is 2.44. The number of hydrogen-bond donors (Lipinski definition) is 0. The summed E-state index contributed by atoms with van der Waals surface area (Å²) in [6, 6.07) is 1.84. The van der Waals surface area contributed by atoms with E-state index >= 15 is 0 Å². The molecule has 68 valence electrons. The van der Waals surface area contributed by atoms with Gasteiger partial charge >= 0.3 is 0 Å². The Balaban J connectivity index is 2.93. The molecule has 1 fully saturated rings. The number of sulfone groups is 1. The summed E-state index contributed by atoms with van der Waals surface area (Å²) in [5.41, 5.74) is 0. The van der Waals surface area contributed by atoms with Crippen molar-refractivity contribution in [1.29, 1.82) is 5.26 Å². The van der Waals surface area contributed by atoms with Crippen molar-refractivity contribution in [2.45, 2.75) is 43.1 Å². The molecule has 0 amide bonds. The van der Waals surface area contributed by atoms with Crippen LogP contribution in [0.5, 0.6) is 0 Å². The Morgan fingerprint density at radius 1 is 1.42 bits per heavy atom. The normalized spacial score (nSPS) is 19.8. The third kappa shape index (κ3) is 1.22. The molecule has 0 saturated heterocycles. The third-order valence-electron chi connectivity index (χ3n) is 2.47. The molecule has 0 atom stereocenters. The lowest BCUT2D eigenvalue weighted by molar-refractivity contribution is 0.466. The Labute approximate surface area is 73.3 Å². The van der Waals surface area contributed by atoms with Gasteiger partial charge in [0.15, 0.2) is 14.6 Å². The van der Waals surface area contributed by atoms with Crippen molar-refractivity contribution in [2.24, 2.45) is 0 Å². The van der Waals surface area contributed by atoms with Gasteiger partial charge in [-0.1, -0.05) is 6.42 Å². The van der Waals surface area contributed by atoms with E-state index in [0.717, 1.165) is 19.3 Å². The average Bonchev–Trinajstić information content (AvgIpc) is 1.82. The summed E-state index contributed by atoms with van der Waals surface area (Å²) in [4.78, 5) is 0. The lowest BCUT2D eigenvalue weighted by Gasteiger charge is -2.30. The topological polar surface area (TPSA) is 57.9 Å². The average molecular weight is 187 g/mol. The molecule has 0 radical (unpaired) electrons. The molecule has 1 aliphatic rings. The van der Waals surface area contributed by atoms with Crippen LogP contribution in [0.4, 0.5) is 0 Å². The minimum atomic E-state index is -3.21. The van der Waals surface area contributed by atoms with Crippen LogP contribution < -0.4 is 0 Å². The van der Waals surface area contributed by atoms with E-state index in [0.29, 0.717) is 0 Å². The Hall–Kier alpha value is -0.560. The second-order valence-electron chi connectivity index (χ2n) is 3.72. The highest BCUT2D eigenvalue weighted by Gasteiger charge is 2.43. The first kappa shape index (κ1) is 9.53. The van der Waals surface area contributed by atoms with Crippen LogP contribution in [0.1, 0.15) is 33.1 Å². The molecule has 0 aromatic carbocycles. The fraction of sp³-hybridized carbons (Fsp3) is 0.875. The van der Waals surface area contributed by atoms with Crippen LogP contribution in [-0.2, 0) is 9.84 Å². The van der Waals surface area contributed by atoms with Gasteiger partial charge in [0.05, 0.1) is 11.3 Å². The van der Waals surface area contributed by atoms with Gasteiger partial charge < -0.3 is 0 Å². The first-order chi connectivity index (χ1) is 5.42. The quantitative estimate of drug-likeness (QED) is 0.653. The van der Waals surface area contributed by atoms with E-state index < -0.39 is 14.6 Å². The molecular weight excluding hydrogens is 174 g/mol. The van der Waals surface area contributed by atoms with Gasteiger partial charge in [-0.25, -0.2) is 8.42 Å². The molecular formula is C8H13NO2S. The highest BCUT2D eigenvalue weighted by molar-refractivity contribution is 7.93. The van der Waals surface area contributed by atoms with Gasteiger partial charge in [-0.15, -0.1) is 0 Å². The van der Waals surface area contributed by atoms with Gasteiger partial charge in [0, 0.05) is 0 Å². The fourth-order valence-corrected chi connectivity index (χ4v) is 3.08. The van der Waals surface area contributed by atoms with Crippen molar-refractivity contribution >= 4 is 9.84 Å². The van der Waals surface area contributed by atoms with E-state index in [1.54, 1.807) is 0 Å². The maximum absolute atomic E-state index is 11.6. The van der Waals surface area contributed by atoms with E-state index in [4.69, 9.17) is 5.26 Å². The van der Waals surface area contributed by atoms with Crippen LogP contribution in [0, 0.1) is 11.3 Å². The number of rotatable bonds is 2. The fourth-order valence-electron chi connectivity index (χ4n) is 1.16. The Bertz CT molecular complexity index is 306. The van der Waals surface area contributed by atoms with Crippen LogP contribution in [-0.4, -0.2) is 18.4 Å². The minimum Gasteiger partial charge on any atom is -0.227 e. The van der Waals surface area contributed by atoms with E-state index in [1.807, 2.05) is 6.07 Å². The lowest BCUT2D eigenvalue weighted by Crippen LogP contribution is -2.41. The first-order valence-electron chi connectivity index (χ1n) is 4.06. The molecule has 0 aromatic rings. The molecule has 0 heterocycles. The Morgan fingerprint density at radius 3 is 2.17 bits per heavy atom. The van der Waals surface area contributed by atoms with Gasteiger partial charge in [0.1, 0.15) is 0 Å². The van der Waals surface area contributed by atoms with Gasteiger partial charge in [-0.2, -0.15) is 5.26 Å². The van der Waals surface area contributed by atoms with Gasteiger partial charge in [0.25, 0.3) is 0 Å². The van der Waals surface area contributed by atoms with E-state index in [1.165, 1.54) is 13.8 Å². The maximum atomic E-state index is 11.6. The molecule has 0 bridgehead atoms. The molecule has 0 N–H and O–H groups in total. The van der Waals surface area contributed by atoms with Crippen LogP contribution in [0.25, 0.3) is 0 Å². The highest BCUT2D eigenvalue weighted by Crippen LogP contribution is 2.33. The van der Waals surface area contributed by atoms with Crippen molar-refractivity contribution < 1.29 is 8.42 Å². The van der Waals surface area contributed by atoms with Crippen molar-refractivity contribution in [3.63, 3.8) is 0 Å². The van der Waals surface area contributed by atoms with Crippen molar-refractivity contribution in [2.75, 3.05) is 0 Å². The molecule has 3 nitrogen and oxygen atoms in total. The molecule has 12 heavy (non-hydrogen) atoms. The standard InChI is InChI=1S/C8H13NO2S/c1-8(2,6-9)12(10,11)7-4-3-5-7/h7H,3-5H2,1-2H3. The summed E-state index contributed by atoms with van der Waals surface area (Å²) in [5, 5.41) is 8.41. The monoisotopic (exact) mass is 187 g/mol. The zero-order valence-corrected chi connectivity index (χ0v) is 8.19. The van der Waals surface area contributed by atoms with E-state index in [-0.39, 0.29) is 5.25 Å². The minimum absolute atomic E-state index is 0.257. The van der Waals surface area contributed by atoms with Crippen molar-refractivity contribution in [3.05, 3.63) is 0 Å². The SMILES string of the molecule is CC(C)(C#N)S(=O)(=O)C1CCC1. The lowest BCUT2D eigenvalue weighted by atomic mass is 10.00. The number of hydrogen-bond acceptors (Lipinski definition) is 3. The summed E-state index contributed by atoms with van der Waals surface area (Å²) in [6.45, 7) is 2.95. The smallest absolute Gasteiger partial charge is 0.171 e. The van der Waals surface area contributed by atoms with Gasteiger partial charge in [0.2, 0.25) is 0 Å². The zero-order valence-electron chi connectivity index (χ0n) is 7.37. The largest absolute Gasteiger partial charge is 0.227 e. The van der Waals surface area contributed by atoms with Crippen LogP contribution in [0.15, 0.2) is 0 Å². The second kappa shape index (κ2) is 2.74. The summed E-state index contributed by atoms with van der Waals surface area (Å²) in [5.74, 6) is 0. The summed E-state index contributed by atoms with van der Waals surface area (Å²) in [7, 11) is -3.21. The highest BCUT2D eigenvalue weighted by atomic mass is 32.2. The molecule has 0 spiro atoms. The van der Waals surface area contributed by atoms with E-state index in [2.05, 4.69) is 0 Å². The second-order valence-corrected chi connectivity index (χ2v) is 6.50. The molecule has 1 aliphatic carbocycles. The van der Waals surface area contributed by atoms with Crippen LogP contribution >= 0.6 is 0 Å². The zero-order chi connectivity index (χ0) is 9.41. The third-order valence-corrected chi connectivity index (χ3v) is 5.33. The van der Waals surface area contributed by atoms with Gasteiger partial charge in [-0.05, 0) is 26.7 Å². The number of nitriles is 1. The summed E-state index contributed by atoms with van der Waals surface area (Å²) >= 11 is 0. The maximum Gasteiger partial charge on any atom is 0.171 e. The van der Waals surface area contributed by atoms with Crippen LogP contribution in [0.3, 0.4) is 0 Å². The predicted molar refractivity (Wildman–Crippen MR) is 46.3 cm³/mol. The molecule has 0 aromatic heterocycles. The molecule has 0 aliphatic heterocycles. The molecule has 1 saturated carbocycles. The van der Waals surface area contributed by atoms with Gasteiger partial charge in [-0.3, -0.25) is 0 Å². The first-order valence-corrected chi connectivity index (χ1v) is 5.61. The molecule has 1 rings (SSSR count). The Kier molecular flexibility index (Phi) is 2.17. The Morgan fingerprint density at radius 2 is 1.92 bits per heavy atom. The molecule has 4 heteroatoms.